The first-order chi connectivity index (χ1) is 8.74. The smallest absolute Gasteiger partial charge is 0.410 e. The number of nitrogens with two attached hydrogens (primary N) is 1. The Balaban J connectivity index is 2.54. The average Bonchev–Trinajstić information content (AvgIpc) is 2.26. The second-order valence-corrected chi connectivity index (χ2v) is 5.74. The van der Waals surface area contributed by atoms with Gasteiger partial charge in [-0.25, -0.2) is 4.79 Å². The first kappa shape index (κ1) is 15.8. The van der Waals surface area contributed by atoms with Crippen molar-refractivity contribution in [1.29, 1.82) is 0 Å². The van der Waals surface area contributed by atoms with E-state index in [2.05, 4.69) is 0 Å². The van der Waals surface area contributed by atoms with E-state index in [1.807, 2.05) is 20.8 Å². The Bertz CT molecular complexity index is 338. The molecule has 0 aromatic heterocycles. The predicted octanol–water partition coefficient (Wildman–Crippen LogP) is 1.13. The molecule has 2 N–H and O–H groups in total. The van der Waals surface area contributed by atoms with Gasteiger partial charge in [0.1, 0.15) is 5.60 Å². The minimum atomic E-state index is -0.529. The van der Waals surface area contributed by atoms with E-state index < -0.39 is 11.6 Å². The summed E-state index contributed by atoms with van der Waals surface area (Å²) >= 11 is 0. The summed E-state index contributed by atoms with van der Waals surface area (Å²) in [6, 6.07) is -0.402. The van der Waals surface area contributed by atoms with E-state index in [0.29, 0.717) is 26.1 Å². The Morgan fingerprint density at radius 2 is 2.00 bits per heavy atom. The molecule has 19 heavy (non-hydrogen) atoms. The molecule has 0 aromatic rings. The summed E-state index contributed by atoms with van der Waals surface area (Å²) in [4.78, 5) is 25.1. The van der Waals surface area contributed by atoms with Crippen LogP contribution in [0.4, 0.5) is 4.79 Å². The summed E-state index contributed by atoms with van der Waals surface area (Å²) in [5.74, 6) is -0.613. The number of likely N-dealkylation sites (tertiary alicyclic amines) is 1. The van der Waals surface area contributed by atoms with Gasteiger partial charge in [-0.1, -0.05) is 0 Å². The second-order valence-electron chi connectivity index (χ2n) is 5.74. The van der Waals surface area contributed by atoms with Crippen molar-refractivity contribution in [2.45, 2.75) is 45.8 Å². The molecule has 0 unspecified atom stereocenters. The van der Waals surface area contributed by atoms with Crippen LogP contribution in [0.5, 0.6) is 0 Å². The molecule has 0 spiro atoms. The van der Waals surface area contributed by atoms with Gasteiger partial charge in [0, 0.05) is 19.1 Å². The maximum Gasteiger partial charge on any atom is 0.410 e. The van der Waals surface area contributed by atoms with Crippen molar-refractivity contribution < 1.29 is 19.1 Å². The summed E-state index contributed by atoms with van der Waals surface area (Å²) in [5.41, 5.74) is 5.42. The van der Waals surface area contributed by atoms with Crippen LogP contribution >= 0.6 is 0 Å². The van der Waals surface area contributed by atoms with Gasteiger partial charge in [0.15, 0.2) is 0 Å². The topological polar surface area (TPSA) is 81.9 Å². The predicted molar refractivity (Wildman–Crippen MR) is 70.5 cm³/mol. The Kier molecular flexibility index (Phi) is 5.17. The number of rotatable bonds is 2. The molecule has 0 saturated carbocycles. The maximum absolute atomic E-state index is 11.9. The van der Waals surface area contributed by atoms with Crippen LogP contribution in [0, 0.1) is 5.92 Å². The van der Waals surface area contributed by atoms with Crippen molar-refractivity contribution in [3.8, 4) is 0 Å². The molecule has 0 aromatic carbocycles. The fraction of sp³-hybridized carbons (Fsp3) is 0.846. The number of hydrogen-bond donors (Lipinski definition) is 1. The molecule has 1 aliphatic heterocycles. The van der Waals surface area contributed by atoms with Gasteiger partial charge >= 0.3 is 12.1 Å². The molecule has 110 valence electrons. The van der Waals surface area contributed by atoms with Gasteiger partial charge in [0.25, 0.3) is 0 Å². The third-order valence-electron chi connectivity index (χ3n) is 2.90. The van der Waals surface area contributed by atoms with Crippen molar-refractivity contribution in [3.63, 3.8) is 0 Å². The van der Waals surface area contributed by atoms with Crippen LogP contribution in [0.15, 0.2) is 0 Å². The lowest BCUT2D eigenvalue weighted by atomic mass is 9.92. The lowest BCUT2D eigenvalue weighted by molar-refractivity contribution is -0.150. The molecule has 2 atom stereocenters. The number of carbonyl (C=O) groups excluding carboxylic acids is 2. The monoisotopic (exact) mass is 272 g/mol. The van der Waals surface area contributed by atoms with Crippen LogP contribution in [0.3, 0.4) is 0 Å². The Hall–Kier alpha value is -1.30. The molecule has 6 nitrogen and oxygen atoms in total. The number of piperidine rings is 1. The molecule has 1 heterocycles. The third kappa shape index (κ3) is 4.70. The highest BCUT2D eigenvalue weighted by molar-refractivity contribution is 5.74. The third-order valence-corrected chi connectivity index (χ3v) is 2.90. The normalized spacial score (nSPS) is 23.9. The van der Waals surface area contributed by atoms with Crippen molar-refractivity contribution in [1.82, 2.24) is 4.90 Å². The molecule has 1 fully saturated rings. The fourth-order valence-corrected chi connectivity index (χ4v) is 2.02. The SMILES string of the molecule is CCOC(=O)[C@@H]1CCN(C(=O)OC(C)(C)C)C[C@@H]1N. The van der Waals surface area contributed by atoms with E-state index in [1.165, 1.54) is 0 Å². The van der Waals surface area contributed by atoms with Gasteiger partial charge in [0.2, 0.25) is 0 Å². The van der Waals surface area contributed by atoms with Gasteiger partial charge in [-0.2, -0.15) is 0 Å². The highest BCUT2D eigenvalue weighted by Gasteiger charge is 2.35. The highest BCUT2D eigenvalue weighted by Crippen LogP contribution is 2.20. The largest absolute Gasteiger partial charge is 0.466 e. The molecular weight excluding hydrogens is 248 g/mol. The Morgan fingerprint density at radius 3 is 2.47 bits per heavy atom. The van der Waals surface area contributed by atoms with Crippen LogP contribution in [-0.2, 0) is 14.3 Å². The van der Waals surface area contributed by atoms with Crippen LogP contribution in [-0.4, -0.2) is 48.3 Å². The zero-order chi connectivity index (χ0) is 14.6. The summed E-state index contributed by atoms with van der Waals surface area (Å²) in [6.07, 6.45) is 0.129. The van der Waals surface area contributed by atoms with Crippen LogP contribution in [0.25, 0.3) is 0 Å². The van der Waals surface area contributed by atoms with E-state index in [9.17, 15) is 9.59 Å². The first-order valence-corrected chi connectivity index (χ1v) is 6.64. The number of ether oxygens (including phenoxy) is 2. The number of hydrogen-bond acceptors (Lipinski definition) is 5. The number of amides is 1. The van der Waals surface area contributed by atoms with Gasteiger partial charge in [-0.15, -0.1) is 0 Å². The molecule has 1 amide bonds. The van der Waals surface area contributed by atoms with Gasteiger partial charge < -0.3 is 20.1 Å². The van der Waals surface area contributed by atoms with Gasteiger partial charge in [-0.3, -0.25) is 4.79 Å². The number of esters is 1. The minimum absolute atomic E-state index is 0.279. The van der Waals surface area contributed by atoms with Crippen molar-refractivity contribution in [3.05, 3.63) is 0 Å². The summed E-state index contributed by atoms with van der Waals surface area (Å²) < 4.78 is 10.3. The lowest BCUT2D eigenvalue weighted by Crippen LogP contribution is -2.53. The van der Waals surface area contributed by atoms with E-state index in [4.69, 9.17) is 15.2 Å². The molecular formula is C13H24N2O4. The maximum atomic E-state index is 11.9. The molecule has 1 aliphatic rings. The molecule has 6 heteroatoms. The van der Waals surface area contributed by atoms with Crippen molar-refractivity contribution in [2.75, 3.05) is 19.7 Å². The van der Waals surface area contributed by atoms with Gasteiger partial charge in [-0.05, 0) is 34.1 Å². The quantitative estimate of drug-likeness (QED) is 0.762. The Morgan fingerprint density at radius 1 is 1.37 bits per heavy atom. The summed E-state index contributed by atoms with van der Waals surface area (Å²) in [7, 11) is 0. The minimum Gasteiger partial charge on any atom is -0.466 e. The number of nitrogens with zero attached hydrogens (tertiary/aromatic N) is 1. The zero-order valence-corrected chi connectivity index (χ0v) is 12.1. The zero-order valence-electron chi connectivity index (χ0n) is 12.1. The second kappa shape index (κ2) is 6.23. The molecule has 1 saturated heterocycles. The molecule has 0 bridgehead atoms. The molecule has 0 radical (unpaired) electrons. The first-order valence-electron chi connectivity index (χ1n) is 6.64. The van der Waals surface area contributed by atoms with Crippen LogP contribution in [0.1, 0.15) is 34.1 Å². The van der Waals surface area contributed by atoms with Crippen molar-refractivity contribution >= 4 is 12.1 Å². The lowest BCUT2D eigenvalue weighted by Gasteiger charge is -2.36. The fourth-order valence-electron chi connectivity index (χ4n) is 2.02. The highest BCUT2D eigenvalue weighted by atomic mass is 16.6. The molecule has 0 aliphatic carbocycles. The average molecular weight is 272 g/mol. The standard InChI is InChI=1S/C13H24N2O4/c1-5-18-11(16)9-6-7-15(8-10(9)14)12(17)19-13(2,3)4/h9-10H,5-8,14H2,1-4H3/t9-,10+/m1/s1. The van der Waals surface area contributed by atoms with E-state index in [0.717, 1.165) is 0 Å². The van der Waals surface area contributed by atoms with Crippen molar-refractivity contribution in [2.24, 2.45) is 11.7 Å². The molecule has 1 rings (SSSR count). The van der Waals surface area contributed by atoms with E-state index >= 15 is 0 Å². The summed E-state index contributed by atoms with van der Waals surface area (Å²) in [6.45, 7) is 8.34. The van der Waals surface area contributed by atoms with Crippen LogP contribution in [0.2, 0.25) is 0 Å². The van der Waals surface area contributed by atoms with E-state index in [1.54, 1.807) is 11.8 Å². The summed E-state index contributed by atoms with van der Waals surface area (Å²) in [5, 5.41) is 0. The Labute approximate surface area is 114 Å². The van der Waals surface area contributed by atoms with Crippen LogP contribution < -0.4 is 5.73 Å². The van der Waals surface area contributed by atoms with E-state index in [-0.39, 0.29) is 18.0 Å². The number of carbonyl (C=O) groups is 2. The van der Waals surface area contributed by atoms with Gasteiger partial charge in [0.05, 0.1) is 12.5 Å².